The molecule has 0 amide bonds. The van der Waals surface area contributed by atoms with E-state index >= 15 is 0 Å². The average molecular weight is 483 g/mol. The van der Waals surface area contributed by atoms with E-state index in [2.05, 4.69) is 0 Å². The summed E-state index contributed by atoms with van der Waals surface area (Å²) < 4.78 is 48.4. The fourth-order valence-corrected chi connectivity index (χ4v) is 5.66. The quantitative estimate of drug-likeness (QED) is 0.332. The molecule has 2 fully saturated rings. The van der Waals surface area contributed by atoms with Gasteiger partial charge in [-0.15, -0.1) is 0 Å². The van der Waals surface area contributed by atoms with Crippen molar-refractivity contribution < 1.29 is 36.3 Å². The second-order valence-corrected chi connectivity index (χ2v) is 13.8. The molecule has 2 saturated carbocycles. The van der Waals surface area contributed by atoms with E-state index in [1.54, 1.807) is 0 Å². The van der Waals surface area contributed by atoms with Crippen molar-refractivity contribution in [3.63, 3.8) is 0 Å². The summed E-state index contributed by atoms with van der Waals surface area (Å²) in [5.41, 5.74) is -0.830. The number of unbranched alkanes of at least 4 members (excludes halogenated alkanes) is 2. The third kappa shape index (κ3) is 9.47. The summed E-state index contributed by atoms with van der Waals surface area (Å²) in [7, 11) is -4.36. The standard InChI is InChI=1S/C11H20O4S.C10H18O4S/c1-15-10(12)11(7-5-8-11)6-3-4-9-16(2,13)14;1-15(13,14)8-3-2-5-10(9(11)12)6-4-7-10/h3-9H2,1-2H3;2-8H2,1H3,(H,11,12). The van der Waals surface area contributed by atoms with Gasteiger partial charge >= 0.3 is 11.9 Å². The maximum absolute atomic E-state index is 11.6. The summed E-state index contributed by atoms with van der Waals surface area (Å²) >= 11 is 0. The molecule has 2 rings (SSSR count). The Labute approximate surface area is 187 Å². The Morgan fingerprint density at radius 3 is 1.42 bits per heavy atom. The highest BCUT2D eigenvalue weighted by molar-refractivity contribution is 7.90. The Morgan fingerprint density at radius 1 is 0.774 bits per heavy atom. The Bertz CT molecular complexity index is 806. The minimum absolute atomic E-state index is 0.127. The lowest BCUT2D eigenvalue weighted by molar-refractivity contribution is -0.159. The van der Waals surface area contributed by atoms with Gasteiger partial charge in [0, 0.05) is 24.0 Å². The van der Waals surface area contributed by atoms with Crippen LogP contribution in [0.2, 0.25) is 0 Å². The first kappa shape index (κ1) is 27.9. The Balaban J connectivity index is 0.000000311. The lowest BCUT2D eigenvalue weighted by Gasteiger charge is -2.38. The molecule has 2 aliphatic rings. The molecule has 31 heavy (non-hydrogen) atoms. The predicted molar refractivity (Wildman–Crippen MR) is 119 cm³/mol. The van der Waals surface area contributed by atoms with Crippen molar-refractivity contribution in [2.45, 2.75) is 77.0 Å². The van der Waals surface area contributed by atoms with Gasteiger partial charge in [0.1, 0.15) is 19.7 Å². The first-order chi connectivity index (χ1) is 14.3. The Kier molecular flexibility index (Phi) is 10.5. The molecule has 0 heterocycles. The van der Waals surface area contributed by atoms with Gasteiger partial charge in [0.2, 0.25) is 0 Å². The van der Waals surface area contributed by atoms with E-state index in [1.807, 2.05) is 0 Å². The SMILES string of the molecule is COC(=O)C1(CCCCS(C)(=O)=O)CCC1.CS(=O)(=O)CCCCC1(C(=O)O)CCC1. The van der Waals surface area contributed by atoms with Gasteiger partial charge in [0.25, 0.3) is 0 Å². The molecule has 0 aliphatic heterocycles. The van der Waals surface area contributed by atoms with Crippen LogP contribution in [0.25, 0.3) is 0 Å². The van der Waals surface area contributed by atoms with Crippen molar-refractivity contribution in [1.82, 2.24) is 0 Å². The zero-order valence-electron chi connectivity index (χ0n) is 19.0. The number of carbonyl (C=O) groups excluding carboxylic acids is 1. The largest absolute Gasteiger partial charge is 0.481 e. The molecule has 0 aromatic rings. The molecule has 0 spiro atoms. The summed E-state index contributed by atoms with van der Waals surface area (Å²) in [6, 6.07) is 0. The molecule has 2 aliphatic carbocycles. The number of ether oxygens (including phenoxy) is 1. The second kappa shape index (κ2) is 11.6. The van der Waals surface area contributed by atoms with Crippen LogP contribution in [0, 0.1) is 10.8 Å². The molecular weight excluding hydrogens is 444 g/mol. The summed E-state index contributed by atoms with van der Waals surface area (Å²) in [6.07, 6.45) is 11.9. The summed E-state index contributed by atoms with van der Waals surface area (Å²) in [5, 5.41) is 9.02. The number of rotatable bonds is 12. The van der Waals surface area contributed by atoms with Crippen LogP contribution in [0.15, 0.2) is 0 Å². The molecule has 0 aromatic carbocycles. The van der Waals surface area contributed by atoms with E-state index in [4.69, 9.17) is 9.84 Å². The fraction of sp³-hybridized carbons (Fsp3) is 0.905. The third-order valence-corrected chi connectivity index (χ3v) is 8.59. The summed E-state index contributed by atoms with van der Waals surface area (Å²) in [5.74, 6) is -0.460. The monoisotopic (exact) mass is 482 g/mol. The molecule has 8 nitrogen and oxygen atoms in total. The molecule has 0 saturated heterocycles. The molecule has 0 atom stereocenters. The predicted octanol–water partition coefficient (Wildman–Crippen LogP) is 3.00. The van der Waals surface area contributed by atoms with Crippen LogP contribution < -0.4 is 0 Å². The highest BCUT2D eigenvalue weighted by Crippen LogP contribution is 2.46. The minimum atomic E-state index is -2.90. The lowest BCUT2D eigenvalue weighted by Crippen LogP contribution is -2.38. The first-order valence-corrected chi connectivity index (χ1v) is 15.0. The van der Waals surface area contributed by atoms with Crippen molar-refractivity contribution in [2.24, 2.45) is 10.8 Å². The van der Waals surface area contributed by atoms with Gasteiger partial charge in [-0.05, 0) is 51.4 Å². The van der Waals surface area contributed by atoms with Crippen LogP contribution in [-0.2, 0) is 34.0 Å². The highest BCUT2D eigenvalue weighted by atomic mass is 32.2. The zero-order valence-corrected chi connectivity index (χ0v) is 20.7. The molecule has 0 aromatic heterocycles. The number of hydrogen-bond donors (Lipinski definition) is 1. The van der Waals surface area contributed by atoms with Gasteiger partial charge in [0.15, 0.2) is 0 Å². The number of hydrogen-bond acceptors (Lipinski definition) is 7. The van der Waals surface area contributed by atoms with Crippen LogP contribution in [-0.4, -0.2) is 65.0 Å². The maximum Gasteiger partial charge on any atom is 0.311 e. The fourth-order valence-electron chi connectivity index (χ4n) is 4.21. The first-order valence-electron chi connectivity index (χ1n) is 10.9. The number of carboxylic acids is 1. The van der Waals surface area contributed by atoms with E-state index in [0.29, 0.717) is 25.7 Å². The smallest absolute Gasteiger partial charge is 0.311 e. The molecule has 1 N–H and O–H groups in total. The van der Waals surface area contributed by atoms with Crippen LogP contribution in [0.1, 0.15) is 77.0 Å². The normalized spacial score (nSPS) is 19.2. The third-order valence-electron chi connectivity index (χ3n) is 6.53. The minimum Gasteiger partial charge on any atom is -0.481 e. The Hall–Kier alpha value is -1.16. The van der Waals surface area contributed by atoms with Gasteiger partial charge in [0.05, 0.1) is 17.9 Å². The highest BCUT2D eigenvalue weighted by Gasteiger charge is 2.44. The number of sulfone groups is 2. The van der Waals surface area contributed by atoms with Crippen LogP contribution >= 0.6 is 0 Å². The zero-order chi connectivity index (χ0) is 23.8. The van der Waals surface area contributed by atoms with Crippen LogP contribution in [0.5, 0.6) is 0 Å². The molecule has 10 heteroatoms. The van der Waals surface area contributed by atoms with Crippen molar-refractivity contribution in [3.8, 4) is 0 Å². The lowest BCUT2D eigenvalue weighted by atomic mass is 9.66. The summed E-state index contributed by atoms with van der Waals surface area (Å²) in [4.78, 5) is 22.5. The average Bonchev–Trinajstić information content (AvgIpc) is 2.56. The topological polar surface area (TPSA) is 132 Å². The molecule has 0 unspecified atom stereocenters. The number of carboxylic acid groups (broad SMARTS) is 1. The van der Waals surface area contributed by atoms with Gasteiger partial charge in [-0.3, -0.25) is 9.59 Å². The molecule has 0 bridgehead atoms. The van der Waals surface area contributed by atoms with Crippen molar-refractivity contribution in [1.29, 1.82) is 0 Å². The van der Waals surface area contributed by atoms with E-state index in [9.17, 15) is 26.4 Å². The number of methoxy groups -OCH3 is 1. The van der Waals surface area contributed by atoms with E-state index in [1.165, 1.54) is 19.6 Å². The summed E-state index contributed by atoms with van der Waals surface area (Å²) in [6.45, 7) is 0. The number of carbonyl (C=O) groups is 2. The van der Waals surface area contributed by atoms with E-state index in [0.717, 1.165) is 51.4 Å². The van der Waals surface area contributed by atoms with Crippen molar-refractivity contribution in [3.05, 3.63) is 0 Å². The molecular formula is C21H38O8S2. The van der Waals surface area contributed by atoms with Crippen LogP contribution in [0.3, 0.4) is 0 Å². The van der Waals surface area contributed by atoms with E-state index in [-0.39, 0.29) is 22.9 Å². The maximum atomic E-state index is 11.6. The molecule has 182 valence electrons. The second-order valence-electron chi connectivity index (χ2n) is 9.24. The van der Waals surface area contributed by atoms with E-state index < -0.39 is 31.1 Å². The van der Waals surface area contributed by atoms with Crippen molar-refractivity contribution in [2.75, 3.05) is 31.1 Å². The van der Waals surface area contributed by atoms with Gasteiger partial charge in [-0.25, -0.2) is 16.8 Å². The van der Waals surface area contributed by atoms with Gasteiger partial charge < -0.3 is 9.84 Å². The number of aliphatic carboxylic acids is 1. The van der Waals surface area contributed by atoms with Gasteiger partial charge in [-0.2, -0.15) is 0 Å². The number of esters is 1. The van der Waals surface area contributed by atoms with Crippen LogP contribution in [0.4, 0.5) is 0 Å². The van der Waals surface area contributed by atoms with Crippen molar-refractivity contribution >= 4 is 31.6 Å². The van der Waals surface area contributed by atoms with Gasteiger partial charge in [-0.1, -0.05) is 25.7 Å². The molecule has 0 radical (unpaired) electrons. The Morgan fingerprint density at radius 2 is 1.16 bits per heavy atom.